The van der Waals surface area contributed by atoms with Crippen LogP contribution in [0.4, 0.5) is 13.2 Å². The van der Waals surface area contributed by atoms with Crippen LogP contribution in [0, 0.1) is 11.8 Å². The van der Waals surface area contributed by atoms with E-state index < -0.39 is 23.9 Å². The molecule has 1 fully saturated rings. The summed E-state index contributed by atoms with van der Waals surface area (Å²) in [6.45, 7) is 1.93. The Bertz CT molecular complexity index is 281. The Kier molecular flexibility index (Phi) is 5.44. The van der Waals surface area contributed by atoms with Crippen molar-refractivity contribution < 1.29 is 23.1 Å². The number of aliphatic hydroxyl groups excluding tert-OH is 1. The molecule has 1 aliphatic rings. The second-order valence-electron chi connectivity index (χ2n) is 4.68. The van der Waals surface area contributed by atoms with Gasteiger partial charge in [-0.05, 0) is 19.8 Å². The Morgan fingerprint density at radius 3 is 2.44 bits per heavy atom. The van der Waals surface area contributed by atoms with Crippen LogP contribution in [-0.2, 0) is 4.79 Å². The third-order valence-electron chi connectivity index (χ3n) is 3.57. The van der Waals surface area contributed by atoms with Gasteiger partial charge in [0.15, 0.2) is 0 Å². The minimum Gasteiger partial charge on any atom is -0.395 e. The Balaban J connectivity index is 2.79. The number of halogens is 3. The van der Waals surface area contributed by atoms with Crippen LogP contribution in [0.25, 0.3) is 0 Å². The molecule has 0 aromatic carbocycles. The highest BCUT2D eigenvalue weighted by Gasteiger charge is 2.48. The highest BCUT2D eigenvalue weighted by atomic mass is 19.4. The predicted octanol–water partition coefficient (Wildman–Crippen LogP) is 2.20. The van der Waals surface area contributed by atoms with Gasteiger partial charge in [-0.2, -0.15) is 13.2 Å². The molecule has 6 heteroatoms. The van der Waals surface area contributed by atoms with Crippen LogP contribution in [0.2, 0.25) is 0 Å². The van der Waals surface area contributed by atoms with Gasteiger partial charge in [0.2, 0.25) is 5.91 Å². The lowest BCUT2D eigenvalue weighted by molar-refractivity contribution is -0.201. The molecule has 0 heterocycles. The fourth-order valence-corrected chi connectivity index (χ4v) is 2.60. The molecule has 0 saturated heterocycles. The second kappa shape index (κ2) is 6.41. The number of likely N-dealkylation sites (N-methyl/N-ethyl adjacent to an activating group) is 1. The number of carbonyl (C=O) groups is 1. The number of alkyl halides is 3. The molecule has 2 unspecified atom stereocenters. The van der Waals surface area contributed by atoms with Crippen molar-refractivity contribution in [2.75, 3.05) is 19.7 Å². The van der Waals surface area contributed by atoms with Crippen molar-refractivity contribution in [3.05, 3.63) is 0 Å². The molecule has 3 nitrogen and oxygen atoms in total. The lowest BCUT2D eigenvalue weighted by atomic mass is 9.78. The first-order chi connectivity index (χ1) is 8.41. The van der Waals surface area contributed by atoms with Crippen molar-refractivity contribution in [1.29, 1.82) is 0 Å². The van der Waals surface area contributed by atoms with Crippen LogP contribution in [0.3, 0.4) is 0 Å². The van der Waals surface area contributed by atoms with Gasteiger partial charge in [0, 0.05) is 19.0 Å². The largest absolute Gasteiger partial charge is 0.395 e. The first kappa shape index (κ1) is 15.3. The number of nitrogens with zero attached hydrogens (tertiary/aromatic N) is 1. The summed E-state index contributed by atoms with van der Waals surface area (Å²) in [6.07, 6.45) is -2.78. The number of amides is 1. The number of carbonyl (C=O) groups excluding carboxylic acids is 1. The summed E-state index contributed by atoms with van der Waals surface area (Å²) < 4.78 is 38.7. The van der Waals surface area contributed by atoms with Crippen LogP contribution in [0.5, 0.6) is 0 Å². The lowest BCUT2D eigenvalue weighted by Gasteiger charge is -2.35. The summed E-state index contributed by atoms with van der Waals surface area (Å²) in [5.74, 6) is -2.95. The lowest BCUT2D eigenvalue weighted by Crippen LogP contribution is -2.45. The van der Waals surface area contributed by atoms with Crippen LogP contribution in [-0.4, -0.2) is 41.8 Å². The van der Waals surface area contributed by atoms with Crippen molar-refractivity contribution in [3.63, 3.8) is 0 Å². The van der Waals surface area contributed by atoms with E-state index in [0.29, 0.717) is 25.8 Å². The molecule has 1 saturated carbocycles. The summed E-state index contributed by atoms with van der Waals surface area (Å²) in [4.78, 5) is 13.4. The van der Waals surface area contributed by atoms with Gasteiger partial charge in [-0.25, -0.2) is 0 Å². The SMILES string of the molecule is CCN(CCO)C(=O)C1CCCCC1C(F)(F)F. The van der Waals surface area contributed by atoms with Crippen LogP contribution < -0.4 is 0 Å². The van der Waals surface area contributed by atoms with Crippen molar-refractivity contribution >= 4 is 5.91 Å². The number of hydrogen-bond acceptors (Lipinski definition) is 2. The Labute approximate surface area is 105 Å². The highest BCUT2D eigenvalue weighted by molar-refractivity contribution is 5.79. The average Bonchev–Trinajstić information content (AvgIpc) is 2.34. The molecule has 1 amide bonds. The molecule has 106 valence electrons. The zero-order chi connectivity index (χ0) is 13.8. The van der Waals surface area contributed by atoms with Gasteiger partial charge < -0.3 is 10.0 Å². The van der Waals surface area contributed by atoms with E-state index in [1.165, 1.54) is 4.90 Å². The molecule has 1 aliphatic carbocycles. The fourth-order valence-electron chi connectivity index (χ4n) is 2.60. The summed E-state index contributed by atoms with van der Waals surface area (Å²) in [6, 6.07) is 0. The van der Waals surface area contributed by atoms with Crippen molar-refractivity contribution in [2.24, 2.45) is 11.8 Å². The maximum atomic E-state index is 12.9. The molecule has 2 atom stereocenters. The second-order valence-corrected chi connectivity index (χ2v) is 4.68. The van der Waals surface area contributed by atoms with E-state index in [9.17, 15) is 18.0 Å². The number of rotatable bonds is 4. The van der Waals surface area contributed by atoms with E-state index in [1.54, 1.807) is 6.92 Å². The quantitative estimate of drug-likeness (QED) is 0.848. The van der Waals surface area contributed by atoms with Gasteiger partial charge in [-0.1, -0.05) is 12.8 Å². The maximum Gasteiger partial charge on any atom is 0.392 e. The van der Waals surface area contributed by atoms with Crippen molar-refractivity contribution in [1.82, 2.24) is 4.90 Å². The minimum absolute atomic E-state index is 0.0383. The Morgan fingerprint density at radius 2 is 1.94 bits per heavy atom. The van der Waals surface area contributed by atoms with Gasteiger partial charge in [0.1, 0.15) is 0 Å². The third-order valence-corrected chi connectivity index (χ3v) is 3.57. The topological polar surface area (TPSA) is 40.5 Å². The molecule has 1 rings (SSSR count). The van der Waals surface area contributed by atoms with Crippen molar-refractivity contribution in [3.8, 4) is 0 Å². The molecule has 0 aromatic heterocycles. The molecular weight excluding hydrogens is 247 g/mol. The minimum atomic E-state index is -4.31. The average molecular weight is 267 g/mol. The van der Waals surface area contributed by atoms with E-state index in [0.717, 1.165) is 0 Å². The molecule has 0 spiro atoms. The maximum absolute atomic E-state index is 12.9. The monoisotopic (exact) mass is 267 g/mol. The molecule has 1 N–H and O–H groups in total. The molecule has 0 bridgehead atoms. The number of hydrogen-bond donors (Lipinski definition) is 1. The van der Waals surface area contributed by atoms with E-state index >= 15 is 0 Å². The zero-order valence-corrected chi connectivity index (χ0v) is 10.5. The van der Waals surface area contributed by atoms with E-state index in [4.69, 9.17) is 5.11 Å². The Hall–Kier alpha value is -0.780. The predicted molar refractivity (Wildman–Crippen MR) is 60.8 cm³/mol. The summed E-state index contributed by atoms with van der Waals surface area (Å²) in [5, 5.41) is 8.82. The molecular formula is C12H20F3NO2. The Morgan fingerprint density at radius 1 is 1.33 bits per heavy atom. The van der Waals surface area contributed by atoms with E-state index in [2.05, 4.69) is 0 Å². The van der Waals surface area contributed by atoms with Crippen LogP contribution in [0.1, 0.15) is 32.6 Å². The van der Waals surface area contributed by atoms with Crippen LogP contribution in [0.15, 0.2) is 0 Å². The van der Waals surface area contributed by atoms with Crippen molar-refractivity contribution in [2.45, 2.75) is 38.8 Å². The summed E-state index contributed by atoms with van der Waals surface area (Å²) >= 11 is 0. The fraction of sp³-hybridized carbons (Fsp3) is 0.917. The summed E-state index contributed by atoms with van der Waals surface area (Å²) in [7, 11) is 0. The zero-order valence-electron chi connectivity index (χ0n) is 10.5. The smallest absolute Gasteiger partial charge is 0.392 e. The van der Waals surface area contributed by atoms with E-state index in [1.807, 2.05) is 0 Å². The van der Waals surface area contributed by atoms with Gasteiger partial charge in [0.05, 0.1) is 12.5 Å². The first-order valence-corrected chi connectivity index (χ1v) is 6.38. The number of aliphatic hydroxyl groups is 1. The normalized spacial score (nSPS) is 24.9. The first-order valence-electron chi connectivity index (χ1n) is 6.38. The third kappa shape index (κ3) is 3.60. The van der Waals surface area contributed by atoms with Crippen LogP contribution >= 0.6 is 0 Å². The molecule has 0 radical (unpaired) electrons. The molecule has 0 aliphatic heterocycles. The van der Waals surface area contributed by atoms with Gasteiger partial charge in [-0.3, -0.25) is 4.79 Å². The van der Waals surface area contributed by atoms with Gasteiger partial charge in [0.25, 0.3) is 0 Å². The van der Waals surface area contributed by atoms with Gasteiger partial charge in [-0.15, -0.1) is 0 Å². The van der Waals surface area contributed by atoms with Gasteiger partial charge >= 0.3 is 6.18 Å². The summed E-state index contributed by atoms with van der Waals surface area (Å²) in [5.41, 5.74) is 0. The molecule has 0 aromatic rings. The molecule has 18 heavy (non-hydrogen) atoms. The highest BCUT2D eigenvalue weighted by Crippen LogP contribution is 2.42. The van der Waals surface area contributed by atoms with E-state index in [-0.39, 0.29) is 19.6 Å². The standard InChI is InChI=1S/C12H20F3NO2/c1-2-16(7-8-17)11(18)9-5-3-4-6-10(9)12(13,14)15/h9-10,17H,2-8H2,1H3.